The molecule has 0 saturated carbocycles. The van der Waals surface area contributed by atoms with Crippen LogP contribution >= 0.6 is 11.6 Å². The lowest BCUT2D eigenvalue weighted by Gasteiger charge is -2.23. The van der Waals surface area contributed by atoms with Crippen molar-refractivity contribution in [1.29, 1.82) is 0 Å². The summed E-state index contributed by atoms with van der Waals surface area (Å²) in [6.07, 6.45) is -1.92. The number of benzene rings is 1. The van der Waals surface area contributed by atoms with Crippen molar-refractivity contribution >= 4 is 11.6 Å². The van der Waals surface area contributed by atoms with Crippen molar-refractivity contribution in [3.8, 4) is 11.5 Å². The molecule has 1 unspecified atom stereocenters. The van der Waals surface area contributed by atoms with Gasteiger partial charge in [-0.05, 0) is 25.1 Å². The highest BCUT2D eigenvalue weighted by atomic mass is 35.5. The molecular formula is C14H18ClF2NO3. The van der Waals surface area contributed by atoms with Crippen molar-refractivity contribution < 1.29 is 23.0 Å². The van der Waals surface area contributed by atoms with E-state index < -0.39 is 13.0 Å². The highest BCUT2D eigenvalue weighted by Crippen LogP contribution is 2.38. The van der Waals surface area contributed by atoms with Gasteiger partial charge in [-0.2, -0.15) is 0 Å². The lowest BCUT2D eigenvalue weighted by atomic mass is 10.0. The van der Waals surface area contributed by atoms with Crippen LogP contribution in [0.15, 0.2) is 12.1 Å². The Labute approximate surface area is 127 Å². The number of hydrogen-bond donors (Lipinski definition) is 1. The van der Waals surface area contributed by atoms with Crippen molar-refractivity contribution in [2.45, 2.75) is 18.9 Å². The second-order valence-corrected chi connectivity index (χ2v) is 5.02. The van der Waals surface area contributed by atoms with Gasteiger partial charge in [-0.1, -0.05) is 11.6 Å². The van der Waals surface area contributed by atoms with Gasteiger partial charge in [0, 0.05) is 23.7 Å². The molecule has 1 N–H and O–H groups in total. The Bertz CT molecular complexity index is 474. The third kappa shape index (κ3) is 4.43. The van der Waals surface area contributed by atoms with Gasteiger partial charge >= 0.3 is 0 Å². The van der Waals surface area contributed by atoms with E-state index in [0.717, 1.165) is 5.56 Å². The van der Waals surface area contributed by atoms with E-state index in [1.807, 2.05) is 6.07 Å². The van der Waals surface area contributed by atoms with Crippen LogP contribution in [0, 0.1) is 0 Å². The average Bonchev–Trinajstić information content (AvgIpc) is 2.47. The van der Waals surface area contributed by atoms with E-state index in [1.54, 1.807) is 13.1 Å². The molecule has 1 aromatic carbocycles. The van der Waals surface area contributed by atoms with Crippen LogP contribution in [0.1, 0.15) is 18.0 Å². The Kier molecular flexibility index (Phi) is 6.02. The van der Waals surface area contributed by atoms with Crippen LogP contribution in [-0.4, -0.2) is 39.9 Å². The molecule has 0 saturated heterocycles. The Morgan fingerprint density at radius 3 is 2.57 bits per heavy atom. The molecule has 1 aromatic rings. The fraction of sp³-hybridized carbons (Fsp3) is 0.571. The van der Waals surface area contributed by atoms with Gasteiger partial charge in [0.15, 0.2) is 11.5 Å². The van der Waals surface area contributed by atoms with Crippen molar-refractivity contribution in [2.24, 2.45) is 0 Å². The van der Waals surface area contributed by atoms with Crippen molar-refractivity contribution in [3.63, 3.8) is 0 Å². The summed E-state index contributed by atoms with van der Waals surface area (Å²) in [4.78, 5) is 0. The van der Waals surface area contributed by atoms with E-state index in [2.05, 4.69) is 5.32 Å². The lowest BCUT2D eigenvalue weighted by molar-refractivity contribution is 0.0145. The molecule has 0 fully saturated rings. The van der Waals surface area contributed by atoms with Crippen LogP contribution < -0.4 is 14.8 Å². The molecule has 0 aromatic heterocycles. The molecule has 0 radical (unpaired) electrons. The average molecular weight is 322 g/mol. The second-order valence-electron chi connectivity index (χ2n) is 4.61. The standard InChI is InChI=1S/C14H18ClF2NO3/c1-18-11(2-3-19-8-14(16)17)9-6-12-13(7-10(9)15)21-5-4-20-12/h6-7,11,14,18H,2-5,8H2,1H3. The van der Waals surface area contributed by atoms with Crippen LogP contribution in [0.2, 0.25) is 5.02 Å². The Morgan fingerprint density at radius 1 is 1.29 bits per heavy atom. The minimum absolute atomic E-state index is 0.106. The SMILES string of the molecule is CNC(CCOCC(F)F)c1cc2c(cc1Cl)OCCO2. The molecule has 0 bridgehead atoms. The zero-order valence-corrected chi connectivity index (χ0v) is 12.5. The number of rotatable bonds is 7. The first-order valence-corrected chi connectivity index (χ1v) is 7.11. The second kappa shape index (κ2) is 7.77. The van der Waals surface area contributed by atoms with E-state index in [0.29, 0.717) is 36.2 Å². The largest absolute Gasteiger partial charge is 0.486 e. The molecule has 1 heterocycles. The zero-order valence-electron chi connectivity index (χ0n) is 11.7. The first-order valence-electron chi connectivity index (χ1n) is 6.74. The molecule has 1 aliphatic rings. The molecule has 1 aliphatic heterocycles. The third-order valence-corrected chi connectivity index (χ3v) is 3.51. The van der Waals surface area contributed by atoms with Crippen molar-refractivity contribution in [3.05, 3.63) is 22.7 Å². The van der Waals surface area contributed by atoms with Gasteiger partial charge < -0.3 is 19.5 Å². The molecule has 2 rings (SSSR count). The van der Waals surface area contributed by atoms with E-state index in [4.69, 9.17) is 25.8 Å². The molecule has 1 atom stereocenters. The van der Waals surface area contributed by atoms with E-state index in [-0.39, 0.29) is 12.6 Å². The molecule has 0 aliphatic carbocycles. The zero-order chi connectivity index (χ0) is 15.2. The van der Waals surface area contributed by atoms with Crippen LogP contribution in [0.3, 0.4) is 0 Å². The van der Waals surface area contributed by atoms with Gasteiger partial charge in [0.1, 0.15) is 19.8 Å². The summed E-state index contributed by atoms with van der Waals surface area (Å²) in [5, 5.41) is 3.65. The van der Waals surface area contributed by atoms with E-state index in [9.17, 15) is 8.78 Å². The van der Waals surface area contributed by atoms with Gasteiger partial charge in [0.2, 0.25) is 0 Å². The maximum Gasteiger partial charge on any atom is 0.261 e. The predicted octanol–water partition coefficient (Wildman–Crippen LogP) is 3.04. The van der Waals surface area contributed by atoms with Gasteiger partial charge in [-0.25, -0.2) is 8.78 Å². The molecule has 21 heavy (non-hydrogen) atoms. The summed E-state index contributed by atoms with van der Waals surface area (Å²) in [6, 6.07) is 3.44. The van der Waals surface area contributed by atoms with Crippen molar-refractivity contribution in [1.82, 2.24) is 5.32 Å². The Hall–Kier alpha value is -1.11. The Balaban J connectivity index is 2.03. The van der Waals surface area contributed by atoms with Crippen LogP contribution in [0.4, 0.5) is 8.78 Å². The van der Waals surface area contributed by atoms with Gasteiger partial charge in [0.05, 0.1) is 0 Å². The Morgan fingerprint density at radius 2 is 1.95 bits per heavy atom. The van der Waals surface area contributed by atoms with Crippen LogP contribution in [0.25, 0.3) is 0 Å². The predicted molar refractivity (Wildman–Crippen MR) is 75.7 cm³/mol. The number of fused-ring (bicyclic) bond motifs is 1. The fourth-order valence-electron chi connectivity index (χ4n) is 2.18. The number of hydrogen-bond acceptors (Lipinski definition) is 4. The fourth-order valence-corrected chi connectivity index (χ4v) is 2.46. The molecule has 0 spiro atoms. The number of nitrogens with one attached hydrogen (secondary N) is 1. The van der Waals surface area contributed by atoms with E-state index >= 15 is 0 Å². The minimum atomic E-state index is -2.45. The first-order chi connectivity index (χ1) is 10.1. The number of alkyl halides is 2. The summed E-state index contributed by atoms with van der Waals surface area (Å²) in [6.45, 7) is 0.668. The van der Waals surface area contributed by atoms with E-state index in [1.165, 1.54) is 0 Å². The maximum absolute atomic E-state index is 12.0. The van der Waals surface area contributed by atoms with Gasteiger partial charge in [-0.3, -0.25) is 0 Å². The molecular weight excluding hydrogens is 304 g/mol. The summed E-state index contributed by atoms with van der Waals surface area (Å²) < 4.78 is 40.0. The third-order valence-electron chi connectivity index (χ3n) is 3.18. The number of ether oxygens (including phenoxy) is 3. The minimum Gasteiger partial charge on any atom is -0.486 e. The summed E-state index contributed by atoms with van der Waals surface area (Å²) in [5.74, 6) is 1.27. The van der Waals surface area contributed by atoms with Crippen LogP contribution in [0.5, 0.6) is 11.5 Å². The topological polar surface area (TPSA) is 39.7 Å². The van der Waals surface area contributed by atoms with Crippen LogP contribution in [-0.2, 0) is 4.74 Å². The van der Waals surface area contributed by atoms with Gasteiger partial charge in [-0.15, -0.1) is 0 Å². The van der Waals surface area contributed by atoms with Crippen molar-refractivity contribution in [2.75, 3.05) is 33.5 Å². The normalized spacial score (nSPS) is 15.3. The highest BCUT2D eigenvalue weighted by Gasteiger charge is 2.20. The monoisotopic (exact) mass is 321 g/mol. The quantitative estimate of drug-likeness (QED) is 0.784. The molecule has 7 heteroatoms. The lowest BCUT2D eigenvalue weighted by Crippen LogP contribution is -2.21. The maximum atomic E-state index is 12.0. The van der Waals surface area contributed by atoms with Gasteiger partial charge in [0.25, 0.3) is 6.43 Å². The molecule has 0 amide bonds. The summed E-state index contributed by atoms with van der Waals surface area (Å²) in [5.41, 5.74) is 0.837. The highest BCUT2D eigenvalue weighted by molar-refractivity contribution is 6.31. The molecule has 118 valence electrons. The summed E-state index contributed by atoms with van der Waals surface area (Å²) in [7, 11) is 1.78. The molecule has 4 nitrogen and oxygen atoms in total. The smallest absolute Gasteiger partial charge is 0.261 e. The first kappa shape index (κ1) is 16.3. The summed E-state index contributed by atoms with van der Waals surface area (Å²) >= 11 is 6.26. The number of halogens is 3.